The first-order chi connectivity index (χ1) is 22.9. The fourth-order valence-corrected chi connectivity index (χ4v) is 6.97. The van der Waals surface area contributed by atoms with Crippen LogP contribution in [0.1, 0.15) is 70.9 Å². The van der Waals surface area contributed by atoms with Crippen LogP contribution >= 0.6 is 0 Å². The third-order valence-electron chi connectivity index (χ3n) is 8.95. The van der Waals surface area contributed by atoms with Crippen molar-refractivity contribution in [3.8, 4) is 5.75 Å². The number of rotatable bonds is 17. The summed E-state index contributed by atoms with van der Waals surface area (Å²) in [6, 6.07) is 18.3. The summed E-state index contributed by atoms with van der Waals surface area (Å²) in [6.45, 7) is 10.5. The number of ether oxygens (including phenoxy) is 1. The van der Waals surface area contributed by atoms with Gasteiger partial charge in [0, 0.05) is 43.5 Å². The molecule has 0 radical (unpaired) electrons. The molecule has 1 amide bonds. The molecule has 0 aliphatic rings. The smallest absolute Gasteiger partial charge is 0.345 e. The van der Waals surface area contributed by atoms with Gasteiger partial charge in [-0.2, -0.15) is 13.0 Å². The number of carbonyl (C=O) groups is 2. The van der Waals surface area contributed by atoms with E-state index in [1.54, 1.807) is 12.1 Å². The van der Waals surface area contributed by atoms with E-state index in [4.69, 9.17) is 10.5 Å². The summed E-state index contributed by atoms with van der Waals surface area (Å²) in [6.07, 6.45) is 4.37. The van der Waals surface area contributed by atoms with Crippen LogP contribution in [0.4, 0.5) is 0 Å². The number of esters is 1. The van der Waals surface area contributed by atoms with Crippen LogP contribution < -0.4 is 20.4 Å². The van der Waals surface area contributed by atoms with Crippen LogP contribution in [-0.2, 0) is 16.7 Å². The Morgan fingerprint density at radius 2 is 1.46 bits per heavy atom. The van der Waals surface area contributed by atoms with E-state index >= 15 is 0 Å². The van der Waals surface area contributed by atoms with Gasteiger partial charge in [-0.1, -0.05) is 37.6 Å². The number of quaternary nitrogens is 1. The molecule has 0 aliphatic heterocycles. The highest BCUT2D eigenvalue weighted by Crippen LogP contribution is 2.30. The molecule has 1 heterocycles. The number of aromatic nitrogens is 1. The molecule has 3 aromatic carbocycles. The lowest BCUT2D eigenvalue weighted by Crippen LogP contribution is -2.47. The number of fused-ring (bicyclic) bond motifs is 2. The van der Waals surface area contributed by atoms with Crippen molar-refractivity contribution in [3.63, 3.8) is 0 Å². The van der Waals surface area contributed by atoms with Crippen LogP contribution in [0.15, 0.2) is 60.7 Å². The van der Waals surface area contributed by atoms with Crippen LogP contribution in [-0.4, -0.2) is 74.9 Å². The first-order valence-corrected chi connectivity index (χ1v) is 18.4. The van der Waals surface area contributed by atoms with Crippen LogP contribution in [0.25, 0.3) is 21.8 Å². The third kappa shape index (κ3) is 9.37. The van der Waals surface area contributed by atoms with Crippen molar-refractivity contribution in [2.45, 2.75) is 59.4 Å². The number of aryl methyl sites for hydroxylation is 3. The maximum Gasteiger partial charge on any atom is 0.345 e. The minimum atomic E-state index is -4.11. The number of pyridine rings is 1. The molecule has 1 atom stereocenters. The van der Waals surface area contributed by atoms with Crippen molar-refractivity contribution < 1.29 is 36.3 Å². The van der Waals surface area contributed by atoms with Crippen molar-refractivity contribution in [3.05, 3.63) is 82.9 Å². The first-order valence-electron chi connectivity index (χ1n) is 16.8. The van der Waals surface area contributed by atoms with Crippen LogP contribution in [0.5, 0.6) is 5.75 Å². The van der Waals surface area contributed by atoms with Crippen LogP contribution in [0, 0.1) is 13.8 Å². The van der Waals surface area contributed by atoms with Crippen LogP contribution in [0.3, 0.4) is 0 Å². The monoisotopic (exact) mass is 678 g/mol. The molecule has 0 aliphatic carbocycles. The topological polar surface area (TPSA) is 140 Å². The molecular weight excluding hydrogens is 628 g/mol. The number of nitrogens with two attached hydrogens (primary N) is 1. The van der Waals surface area contributed by atoms with Crippen molar-refractivity contribution in [2.24, 2.45) is 5.73 Å². The number of hydrogen-bond donors (Lipinski definition) is 3. The molecule has 1 unspecified atom stereocenters. The van der Waals surface area contributed by atoms with E-state index in [1.807, 2.05) is 66.9 Å². The van der Waals surface area contributed by atoms with Gasteiger partial charge in [0.25, 0.3) is 16.0 Å². The minimum absolute atomic E-state index is 0.164. The van der Waals surface area contributed by atoms with E-state index in [9.17, 15) is 22.6 Å². The fraction of sp³-hybridized carbons (Fsp3) is 0.432. The van der Waals surface area contributed by atoms with Gasteiger partial charge in [0.05, 0.1) is 48.8 Å². The number of unbranched alkanes of at least 4 members (excludes halogenated alkanes) is 1. The summed E-state index contributed by atoms with van der Waals surface area (Å²) >= 11 is 0. The van der Waals surface area contributed by atoms with E-state index in [1.165, 1.54) is 6.42 Å². The fourth-order valence-electron chi connectivity index (χ4n) is 6.48. The molecule has 4 rings (SSSR count). The molecular formula is C37H50N4O6S+2. The molecule has 0 saturated carbocycles. The van der Waals surface area contributed by atoms with Crippen molar-refractivity contribution in [1.82, 2.24) is 5.32 Å². The van der Waals surface area contributed by atoms with Crippen molar-refractivity contribution in [2.75, 3.05) is 45.5 Å². The number of amides is 1. The lowest BCUT2D eigenvalue weighted by atomic mass is 10.0. The average Bonchev–Trinajstić information content (AvgIpc) is 3.05. The third-order valence-corrected chi connectivity index (χ3v) is 9.75. The Balaban J connectivity index is 1.53. The zero-order chi connectivity index (χ0) is 34.9. The molecule has 1 aromatic heterocycles. The highest BCUT2D eigenvalue weighted by molar-refractivity contribution is 7.85. The second-order valence-corrected chi connectivity index (χ2v) is 14.5. The molecule has 10 nitrogen and oxygen atoms in total. The average molecular weight is 679 g/mol. The Kier molecular flexibility index (Phi) is 12.7. The Morgan fingerprint density at radius 1 is 0.896 bits per heavy atom. The Hall–Kier alpha value is -3.90. The second-order valence-electron chi connectivity index (χ2n) is 12.9. The zero-order valence-corrected chi connectivity index (χ0v) is 29.4. The van der Waals surface area contributed by atoms with E-state index in [-0.39, 0.29) is 18.1 Å². The summed E-state index contributed by atoms with van der Waals surface area (Å²) in [5, 5.41) is 4.38. The summed E-state index contributed by atoms with van der Waals surface area (Å²) in [5.74, 6) is -0.665. The van der Waals surface area contributed by atoms with E-state index in [2.05, 4.69) is 19.3 Å². The van der Waals surface area contributed by atoms with Gasteiger partial charge >= 0.3 is 5.97 Å². The van der Waals surface area contributed by atoms with Gasteiger partial charge in [-0.05, 0) is 62.2 Å². The van der Waals surface area contributed by atoms with Crippen molar-refractivity contribution >= 4 is 43.8 Å². The Bertz CT molecular complexity index is 1790. The van der Waals surface area contributed by atoms with Crippen LogP contribution in [0.2, 0.25) is 0 Å². The molecule has 4 aromatic rings. The maximum absolute atomic E-state index is 14.0. The van der Waals surface area contributed by atoms with Gasteiger partial charge in [0.2, 0.25) is 11.0 Å². The van der Waals surface area contributed by atoms with Crippen molar-refractivity contribution in [1.29, 1.82) is 0 Å². The number of benzene rings is 3. The van der Waals surface area contributed by atoms with Gasteiger partial charge in [0.1, 0.15) is 5.75 Å². The minimum Gasteiger partial charge on any atom is -0.422 e. The van der Waals surface area contributed by atoms with E-state index in [0.29, 0.717) is 58.4 Å². The lowest BCUT2D eigenvalue weighted by molar-refractivity contribution is -0.910. The highest BCUT2D eigenvalue weighted by atomic mass is 32.2. The number of para-hydroxylation sites is 2. The quantitative estimate of drug-likeness (QED) is 0.0268. The number of nitrogens with one attached hydrogen (secondary N) is 1. The van der Waals surface area contributed by atoms with Gasteiger partial charge in [-0.3, -0.25) is 9.35 Å². The molecule has 0 fully saturated rings. The Morgan fingerprint density at radius 3 is 2.02 bits per heavy atom. The maximum atomic E-state index is 14.0. The zero-order valence-electron chi connectivity index (χ0n) is 28.6. The van der Waals surface area contributed by atoms with E-state index < -0.39 is 16.1 Å². The molecule has 0 spiro atoms. The van der Waals surface area contributed by atoms with Gasteiger partial charge in [-0.15, -0.1) is 0 Å². The predicted octanol–water partition coefficient (Wildman–Crippen LogP) is 5.11. The van der Waals surface area contributed by atoms with Gasteiger partial charge < -0.3 is 20.3 Å². The second kappa shape index (κ2) is 16.5. The Labute approximate surface area is 284 Å². The largest absolute Gasteiger partial charge is 0.422 e. The first kappa shape index (κ1) is 36.9. The standard InChI is InChI=1S/C37H48N4O6S/c1-5-6-21-41(4,22-11-18-38)23-12-19-39-36(42)29-25-27(2)35(28(3)26-29)47-37(43)34-30-14-7-9-16-32(30)40(20-13-24-48(44,45)46)33-17-10-8-15-31(33)34/h7-10,14-17,25-26H,5-6,11-13,18-24,38H2,1-4H3/p+2. The predicted molar refractivity (Wildman–Crippen MR) is 190 cm³/mol. The molecule has 0 bridgehead atoms. The number of hydrogen-bond acceptors (Lipinski definition) is 6. The molecule has 48 heavy (non-hydrogen) atoms. The lowest BCUT2D eigenvalue weighted by Gasteiger charge is -2.35. The molecule has 258 valence electrons. The number of nitrogens with zero attached hydrogens (tertiary/aromatic N) is 2. The molecule has 0 saturated heterocycles. The summed E-state index contributed by atoms with van der Waals surface area (Å²) in [4.78, 5) is 27.1. The summed E-state index contributed by atoms with van der Waals surface area (Å²) in [5.41, 5.74) is 9.49. The van der Waals surface area contributed by atoms with Gasteiger partial charge in [-0.25, -0.2) is 4.79 Å². The SMILES string of the molecule is CCCC[N+](C)(CCCN)CCCNC(=O)c1cc(C)c(OC(=O)c2c3ccccc3[n+](CCCS(=O)(=O)O)c3ccccc23)c(C)c1. The number of carbonyl (C=O) groups excluding carboxylic acids is 2. The van der Waals surface area contributed by atoms with Gasteiger partial charge in [0.15, 0.2) is 6.54 Å². The van der Waals surface area contributed by atoms with E-state index in [0.717, 1.165) is 54.4 Å². The normalized spacial score (nSPS) is 13.0. The highest BCUT2D eigenvalue weighted by Gasteiger charge is 2.27. The molecule has 4 N–H and O–H groups in total. The summed E-state index contributed by atoms with van der Waals surface area (Å²) in [7, 11) is -1.84. The summed E-state index contributed by atoms with van der Waals surface area (Å²) < 4.78 is 41.0. The molecule has 11 heteroatoms.